The standard InChI is InChI=1S/C14H13B2N3O/c1-9(2)10-7-17-13(18-8-10)11-5-3-4-6-12(11)14(20)19(15)16/h3-9H,1-2H3. The molecule has 1 aromatic carbocycles. The minimum absolute atomic E-state index is 0.351. The number of benzene rings is 1. The van der Waals surface area contributed by atoms with Gasteiger partial charge in [0.25, 0.3) is 0 Å². The summed E-state index contributed by atoms with van der Waals surface area (Å²) in [7, 11) is 10.6. The molecular weight excluding hydrogens is 248 g/mol. The Morgan fingerprint density at radius 2 is 1.75 bits per heavy atom. The minimum atomic E-state index is -0.489. The van der Waals surface area contributed by atoms with Crippen LogP contribution < -0.4 is 0 Å². The van der Waals surface area contributed by atoms with Crippen molar-refractivity contribution in [1.29, 1.82) is 0 Å². The summed E-state index contributed by atoms with van der Waals surface area (Å²) in [6.45, 7) is 4.13. The molecule has 6 heteroatoms. The van der Waals surface area contributed by atoms with E-state index in [0.29, 0.717) is 27.6 Å². The number of amides is 1. The highest BCUT2D eigenvalue weighted by molar-refractivity contribution is 6.36. The van der Waals surface area contributed by atoms with Crippen molar-refractivity contribution < 1.29 is 4.79 Å². The topological polar surface area (TPSA) is 46.1 Å². The third-order valence-electron chi connectivity index (χ3n) is 2.97. The SMILES string of the molecule is [B]N([B])C(=O)c1ccccc1-c1ncc(C(C)C)cn1. The number of hydrogen-bond donors (Lipinski definition) is 0. The molecule has 2 aromatic rings. The minimum Gasteiger partial charge on any atom is -0.445 e. The Balaban J connectivity index is 2.45. The summed E-state index contributed by atoms with van der Waals surface area (Å²) in [5, 5.41) is 0. The van der Waals surface area contributed by atoms with Gasteiger partial charge in [0.1, 0.15) is 0 Å². The lowest BCUT2D eigenvalue weighted by Gasteiger charge is -2.14. The van der Waals surface area contributed by atoms with Crippen LogP contribution in [0.25, 0.3) is 11.4 Å². The summed E-state index contributed by atoms with van der Waals surface area (Å²) in [6.07, 6.45) is 3.52. The molecule has 2 rings (SSSR count). The Morgan fingerprint density at radius 1 is 1.15 bits per heavy atom. The van der Waals surface area contributed by atoms with Crippen molar-refractivity contribution in [3.05, 3.63) is 47.8 Å². The lowest BCUT2D eigenvalue weighted by Crippen LogP contribution is -2.25. The molecule has 0 saturated carbocycles. The van der Waals surface area contributed by atoms with Gasteiger partial charge in [0.15, 0.2) is 5.82 Å². The van der Waals surface area contributed by atoms with E-state index in [2.05, 4.69) is 23.8 Å². The number of aromatic nitrogens is 2. The monoisotopic (exact) mass is 261 g/mol. The zero-order valence-corrected chi connectivity index (χ0v) is 11.4. The van der Waals surface area contributed by atoms with E-state index in [1.165, 1.54) is 0 Å². The van der Waals surface area contributed by atoms with Crippen LogP contribution in [0.5, 0.6) is 0 Å². The fourth-order valence-electron chi connectivity index (χ4n) is 1.78. The largest absolute Gasteiger partial charge is 0.445 e. The second kappa shape index (κ2) is 5.90. The summed E-state index contributed by atoms with van der Waals surface area (Å²) in [4.78, 5) is 20.6. The van der Waals surface area contributed by atoms with Gasteiger partial charge >= 0.3 is 0 Å². The molecule has 20 heavy (non-hydrogen) atoms. The van der Waals surface area contributed by atoms with Crippen molar-refractivity contribution >= 4 is 21.9 Å². The molecule has 0 spiro atoms. The number of nitrogens with zero attached hydrogens (tertiary/aromatic N) is 3. The maximum atomic E-state index is 11.9. The summed E-state index contributed by atoms with van der Waals surface area (Å²) in [6, 6.07) is 6.96. The lowest BCUT2D eigenvalue weighted by molar-refractivity contribution is 0.0923. The van der Waals surface area contributed by atoms with Gasteiger partial charge in [0.2, 0.25) is 21.9 Å². The van der Waals surface area contributed by atoms with Gasteiger partial charge in [0.05, 0.1) is 0 Å². The number of carbonyl (C=O) groups is 1. The Hall–Kier alpha value is -2.10. The highest BCUT2D eigenvalue weighted by Crippen LogP contribution is 2.22. The number of rotatable bonds is 3. The number of carbonyl (C=O) groups excluding carboxylic acids is 1. The molecule has 1 amide bonds. The lowest BCUT2D eigenvalue weighted by atomic mass is 10.0. The Bertz CT molecular complexity index is 612. The van der Waals surface area contributed by atoms with Crippen LogP contribution in [0.4, 0.5) is 0 Å². The van der Waals surface area contributed by atoms with Crippen molar-refractivity contribution in [2.24, 2.45) is 0 Å². The molecule has 0 fully saturated rings. The normalized spacial score (nSPS) is 10.6. The molecule has 0 aliphatic heterocycles. The molecule has 0 saturated heterocycles. The van der Waals surface area contributed by atoms with Gasteiger partial charge in [-0.05, 0) is 17.5 Å². The third-order valence-corrected chi connectivity index (χ3v) is 2.97. The Labute approximate surface area is 121 Å². The highest BCUT2D eigenvalue weighted by atomic mass is 16.2. The Kier molecular flexibility index (Phi) is 4.23. The van der Waals surface area contributed by atoms with Crippen molar-refractivity contribution in [2.45, 2.75) is 19.8 Å². The molecule has 0 bridgehead atoms. The average Bonchev–Trinajstić information content (AvgIpc) is 2.46. The quantitative estimate of drug-likeness (QED) is 0.792. The van der Waals surface area contributed by atoms with Gasteiger partial charge in [-0.2, -0.15) is 0 Å². The van der Waals surface area contributed by atoms with Crippen LogP contribution in [-0.2, 0) is 0 Å². The first kappa shape index (κ1) is 14.3. The smallest absolute Gasteiger partial charge is 0.229 e. The van der Waals surface area contributed by atoms with Crippen molar-refractivity contribution in [2.75, 3.05) is 0 Å². The third kappa shape index (κ3) is 2.90. The van der Waals surface area contributed by atoms with E-state index in [4.69, 9.17) is 16.0 Å². The molecule has 0 N–H and O–H groups in total. The first-order valence-corrected chi connectivity index (χ1v) is 6.26. The molecule has 0 aliphatic rings. The van der Waals surface area contributed by atoms with Crippen molar-refractivity contribution in [3.8, 4) is 11.4 Å². The molecule has 0 unspecified atom stereocenters. The maximum Gasteiger partial charge on any atom is 0.229 e. The summed E-state index contributed by atoms with van der Waals surface area (Å²) in [5.41, 5.74) is 2.01. The molecule has 4 nitrogen and oxygen atoms in total. The van der Waals surface area contributed by atoms with Crippen LogP contribution in [0.15, 0.2) is 36.7 Å². The van der Waals surface area contributed by atoms with E-state index in [-0.39, 0.29) is 0 Å². The van der Waals surface area contributed by atoms with Gasteiger partial charge in [0, 0.05) is 23.5 Å². The van der Waals surface area contributed by atoms with Gasteiger partial charge in [-0.3, -0.25) is 4.79 Å². The van der Waals surface area contributed by atoms with E-state index < -0.39 is 5.91 Å². The predicted molar refractivity (Wildman–Crippen MR) is 79.2 cm³/mol. The first-order valence-electron chi connectivity index (χ1n) is 6.26. The first-order chi connectivity index (χ1) is 9.50. The zero-order valence-electron chi connectivity index (χ0n) is 11.4. The zero-order chi connectivity index (χ0) is 14.7. The van der Waals surface area contributed by atoms with Gasteiger partial charge in [-0.25, -0.2) is 9.97 Å². The fourth-order valence-corrected chi connectivity index (χ4v) is 1.78. The molecular formula is C14H13B2N3O. The van der Waals surface area contributed by atoms with Gasteiger partial charge in [-0.1, -0.05) is 32.0 Å². The average molecular weight is 261 g/mol. The van der Waals surface area contributed by atoms with E-state index >= 15 is 0 Å². The van der Waals surface area contributed by atoms with Crippen LogP contribution in [0.2, 0.25) is 0 Å². The van der Waals surface area contributed by atoms with Crippen molar-refractivity contribution in [3.63, 3.8) is 0 Å². The number of hydrogen-bond acceptors (Lipinski definition) is 3. The van der Waals surface area contributed by atoms with Crippen LogP contribution in [-0.4, -0.2) is 36.6 Å². The summed E-state index contributed by atoms with van der Waals surface area (Å²) >= 11 is 0. The van der Waals surface area contributed by atoms with E-state index in [0.717, 1.165) is 5.56 Å². The second-order valence-corrected chi connectivity index (χ2v) is 4.75. The Morgan fingerprint density at radius 3 is 2.30 bits per heavy atom. The summed E-state index contributed by atoms with van der Waals surface area (Å²) < 4.78 is 0.557. The van der Waals surface area contributed by atoms with Crippen molar-refractivity contribution in [1.82, 2.24) is 14.7 Å². The summed E-state index contributed by atoms with van der Waals surface area (Å²) in [5.74, 6) is 0.335. The highest BCUT2D eigenvalue weighted by Gasteiger charge is 2.15. The van der Waals surface area contributed by atoms with E-state index in [1.54, 1.807) is 30.6 Å². The van der Waals surface area contributed by atoms with Crippen LogP contribution >= 0.6 is 0 Å². The van der Waals surface area contributed by atoms with E-state index in [1.807, 2.05) is 6.07 Å². The molecule has 1 aromatic heterocycles. The van der Waals surface area contributed by atoms with Crippen LogP contribution in [0.1, 0.15) is 35.7 Å². The fraction of sp³-hybridized carbons (Fsp3) is 0.214. The second-order valence-electron chi connectivity index (χ2n) is 4.75. The van der Waals surface area contributed by atoms with Crippen LogP contribution in [0, 0.1) is 0 Å². The molecule has 0 aliphatic carbocycles. The van der Waals surface area contributed by atoms with Gasteiger partial charge in [-0.15, -0.1) is 0 Å². The van der Waals surface area contributed by atoms with Crippen LogP contribution in [0.3, 0.4) is 0 Å². The molecule has 96 valence electrons. The predicted octanol–water partition coefficient (Wildman–Crippen LogP) is 1.88. The molecule has 0 atom stereocenters. The maximum absolute atomic E-state index is 11.9. The molecule has 4 radical (unpaired) electrons. The van der Waals surface area contributed by atoms with E-state index in [9.17, 15) is 4.79 Å². The molecule has 1 heterocycles. The van der Waals surface area contributed by atoms with Gasteiger partial charge < -0.3 is 4.72 Å².